The Hall–Kier alpha value is -2.07. The van der Waals surface area contributed by atoms with Gasteiger partial charge in [-0.2, -0.15) is 0 Å². The van der Waals surface area contributed by atoms with Crippen LogP contribution in [0.1, 0.15) is 31.7 Å². The lowest BCUT2D eigenvalue weighted by Gasteiger charge is -2.23. The Kier molecular flexibility index (Phi) is 2.47. The van der Waals surface area contributed by atoms with E-state index in [0.717, 1.165) is 16.8 Å². The molecule has 0 saturated carbocycles. The second kappa shape index (κ2) is 4.21. The number of carbonyl (C=O) groups excluding carboxylic acids is 2. The summed E-state index contributed by atoms with van der Waals surface area (Å²) in [4.78, 5) is 26.6. The average molecular weight is 281 g/mol. The Bertz CT molecular complexity index is 741. The average Bonchev–Trinajstić information content (AvgIpc) is 2.68. The second-order valence-electron chi connectivity index (χ2n) is 4.87. The van der Waals surface area contributed by atoms with Crippen molar-refractivity contribution in [3.8, 4) is 0 Å². The van der Waals surface area contributed by atoms with Crippen molar-refractivity contribution in [1.82, 2.24) is 0 Å². The molecule has 1 amide bonds. The molecule has 0 bridgehead atoms. The van der Waals surface area contributed by atoms with Gasteiger partial charge in [0.15, 0.2) is 5.78 Å². The van der Waals surface area contributed by atoms with Gasteiger partial charge in [0, 0.05) is 11.1 Å². The van der Waals surface area contributed by atoms with E-state index in [1.807, 2.05) is 42.5 Å². The van der Waals surface area contributed by atoms with Crippen molar-refractivity contribution in [3.63, 3.8) is 0 Å². The van der Waals surface area contributed by atoms with Crippen LogP contribution in [0.2, 0.25) is 0 Å². The maximum atomic E-state index is 12.7. The third-order valence-electron chi connectivity index (χ3n) is 3.75. The molecule has 98 valence electrons. The van der Waals surface area contributed by atoms with Crippen molar-refractivity contribution in [3.05, 3.63) is 65.2 Å². The molecule has 0 radical (unpaired) electrons. The zero-order valence-corrected chi connectivity index (χ0v) is 11.4. The predicted octanol–water partition coefficient (Wildman–Crippen LogP) is 3.28. The fourth-order valence-electron chi connectivity index (χ4n) is 2.83. The first kappa shape index (κ1) is 11.7. The Morgan fingerprint density at radius 3 is 2.50 bits per heavy atom. The van der Waals surface area contributed by atoms with Crippen LogP contribution in [0.3, 0.4) is 0 Å². The van der Waals surface area contributed by atoms with Gasteiger partial charge in [0.25, 0.3) is 5.91 Å². The zero-order chi connectivity index (χ0) is 13.7. The van der Waals surface area contributed by atoms with Crippen LogP contribution in [0.25, 0.3) is 0 Å². The van der Waals surface area contributed by atoms with Gasteiger partial charge in [-0.05, 0) is 23.8 Å². The zero-order valence-electron chi connectivity index (χ0n) is 10.6. The van der Waals surface area contributed by atoms with Gasteiger partial charge in [-0.15, -0.1) is 11.8 Å². The molecular weight excluding hydrogens is 270 g/mol. The normalized spacial score (nSPS) is 20.2. The highest BCUT2D eigenvalue weighted by atomic mass is 32.2. The third-order valence-corrected chi connectivity index (χ3v) is 4.96. The lowest BCUT2D eigenvalue weighted by atomic mass is 10.1. The molecule has 4 rings (SSSR count). The number of rotatable bonds is 0. The Morgan fingerprint density at radius 1 is 0.950 bits per heavy atom. The SMILES string of the molecule is O=C1CSC2c3ccccc3C(=O)N2c2ccccc21. The van der Waals surface area contributed by atoms with E-state index in [4.69, 9.17) is 0 Å². The standard InChI is InChI=1S/C16H11NO2S/c18-14-9-20-16-11-6-2-1-5-10(11)15(19)17(16)13-8-4-3-7-12(13)14/h1-8,16H,9H2. The Balaban J connectivity index is 1.95. The van der Waals surface area contributed by atoms with Gasteiger partial charge in [0.1, 0.15) is 5.37 Å². The van der Waals surface area contributed by atoms with Crippen molar-refractivity contribution in [2.45, 2.75) is 5.37 Å². The second-order valence-corrected chi connectivity index (χ2v) is 5.93. The number of hydrogen-bond donors (Lipinski definition) is 0. The van der Waals surface area contributed by atoms with E-state index >= 15 is 0 Å². The number of benzene rings is 2. The van der Waals surface area contributed by atoms with Gasteiger partial charge in [-0.25, -0.2) is 0 Å². The maximum Gasteiger partial charge on any atom is 0.259 e. The first-order chi connectivity index (χ1) is 9.77. The van der Waals surface area contributed by atoms with Crippen molar-refractivity contribution in [1.29, 1.82) is 0 Å². The van der Waals surface area contributed by atoms with Crippen molar-refractivity contribution < 1.29 is 9.59 Å². The highest BCUT2D eigenvalue weighted by molar-refractivity contribution is 8.00. The number of thioether (sulfide) groups is 1. The molecule has 0 spiro atoms. The predicted molar refractivity (Wildman–Crippen MR) is 79.2 cm³/mol. The summed E-state index contributed by atoms with van der Waals surface area (Å²) in [5.41, 5.74) is 3.12. The van der Waals surface area contributed by atoms with Crippen LogP contribution < -0.4 is 4.90 Å². The van der Waals surface area contributed by atoms with Crippen molar-refractivity contribution in [2.24, 2.45) is 0 Å². The van der Waals surface area contributed by atoms with Crippen molar-refractivity contribution in [2.75, 3.05) is 10.7 Å². The number of amides is 1. The number of nitrogens with zero attached hydrogens (tertiary/aromatic N) is 1. The van der Waals surface area contributed by atoms with E-state index in [-0.39, 0.29) is 17.1 Å². The lowest BCUT2D eigenvalue weighted by molar-refractivity contribution is 0.0996. The first-order valence-corrected chi connectivity index (χ1v) is 7.48. The summed E-state index contributed by atoms with van der Waals surface area (Å²) in [5.74, 6) is 0.477. The van der Waals surface area contributed by atoms with Crippen LogP contribution >= 0.6 is 11.8 Å². The molecule has 2 aromatic carbocycles. The number of fused-ring (bicyclic) bond motifs is 5. The summed E-state index contributed by atoms with van der Waals surface area (Å²) in [6, 6.07) is 15.0. The smallest absolute Gasteiger partial charge is 0.259 e. The van der Waals surface area contributed by atoms with Crippen molar-refractivity contribution >= 4 is 29.1 Å². The van der Waals surface area contributed by atoms with Crippen LogP contribution in [-0.4, -0.2) is 17.4 Å². The minimum Gasteiger partial charge on any atom is -0.293 e. The summed E-state index contributed by atoms with van der Waals surface area (Å²) in [7, 11) is 0. The Morgan fingerprint density at radius 2 is 1.65 bits per heavy atom. The number of para-hydroxylation sites is 1. The van der Waals surface area contributed by atoms with E-state index in [2.05, 4.69) is 0 Å². The lowest BCUT2D eigenvalue weighted by Crippen LogP contribution is -2.26. The van der Waals surface area contributed by atoms with E-state index in [1.165, 1.54) is 11.8 Å². The van der Waals surface area contributed by atoms with Gasteiger partial charge in [0.05, 0.1) is 11.4 Å². The van der Waals surface area contributed by atoms with Gasteiger partial charge in [-0.1, -0.05) is 30.3 Å². The minimum atomic E-state index is -0.0914. The quantitative estimate of drug-likeness (QED) is 0.743. The van der Waals surface area contributed by atoms with Gasteiger partial charge < -0.3 is 0 Å². The molecular formula is C16H11NO2S. The topological polar surface area (TPSA) is 37.4 Å². The molecule has 2 heterocycles. The molecule has 0 N–H and O–H groups in total. The summed E-state index contributed by atoms with van der Waals surface area (Å²) in [5, 5.41) is -0.0914. The van der Waals surface area contributed by atoms with E-state index in [0.29, 0.717) is 11.3 Å². The summed E-state index contributed by atoms with van der Waals surface area (Å²) >= 11 is 1.52. The number of ketones is 1. The highest BCUT2D eigenvalue weighted by Gasteiger charge is 2.41. The fraction of sp³-hybridized carbons (Fsp3) is 0.125. The minimum absolute atomic E-state index is 0.0137. The summed E-state index contributed by atoms with van der Waals surface area (Å²) < 4.78 is 0. The first-order valence-electron chi connectivity index (χ1n) is 6.43. The summed E-state index contributed by atoms with van der Waals surface area (Å²) in [6.07, 6.45) is 0. The molecule has 0 aliphatic carbocycles. The molecule has 0 aromatic heterocycles. The monoisotopic (exact) mass is 281 g/mol. The number of Topliss-reactive ketones (excluding diaryl/α,β-unsaturated/α-hetero) is 1. The van der Waals surface area contributed by atoms with Gasteiger partial charge in [0.2, 0.25) is 0 Å². The molecule has 1 unspecified atom stereocenters. The molecule has 2 aliphatic heterocycles. The van der Waals surface area contributed by atoms with Gasteiger partial charge in [-0.3, -0.25) is 14.5 Å². The molecule has 20 heavy (non-hydrogen) atoms. The van der Waals surface area contributed by atoms with Gasteiger partial charge >= 0.3 is 0 Å². The maximum absolute atomic E-state index is 12.7. The Labute approximate surface area is 120 Å². The molecule has 3 nitrogen and oxygen atoms in total. The van der Waals surface area contributed by atoms with Crippen LogP contribution in [0, 0.1) is 0 Å². The number of carbonyl (C=O) groups is 2. The largest absolute Gasteiger partial charge is 0.293 e. The molecule has 4 heteroatoms. The van der Waals surface area contributed by atoms with E-state index in [9.17, 15) is 9.59 Å². The van der Waals surface area contributed by atoms with E-state index < -0.39 is 0 Å². The number of hydrogen-bond acceptors (Lipinski definition) is 3. The fourth-order valence-corrected chi connectivity index (χ4v) is 4.04. The van der Waals surface area contributed by atoms with Crippen LogP contribution in [0.4, 0.5) is 5.69 Å². The van der Waals surface area contributed by atoms with Crippen LogP contribution in [0.5, 0.6) is 0 Å². The third kappa shape index (κ3) is 1.48. The van der Waals surface area contributed by atoms with E-state index in [1.54, 1.807) is 11.0 Å². The number of anilines is 1. The van der Waals surface area contributed by atoms with Crippen LogP contribution in [0.15, 0.2) is 48.5 Å². The molecule has 2 aromatic rings. The highest BCUT2D eigenvalue weighted by Crippen LogP contribution is 2.47. The molecule has 1 atom stereocenters. The molecule has 2 aliphatic rings. The van der Waals surface area contributed by atoms with Crippen LogP contribution in [-0.2, 0) is 0 Å². The molecule has 0 fully saturated rings. The summed E-state index contributed by atoms with van der Waals surface area (Å²) in [6.45, 7) is 0. The molecule has 0 saturated heterocycles.